The molecule has 10 heteroatoms. The van der Waals surface area contributed by atoms with Crippen molar-refractivity contribution in [2.45, 2.75) is 6.42 Å². The predicted octanol–water partition coefficient (Wildman–Crippen LogP) is 4.25. The smallest absolute Gasteiger partial charge is 0.253 e. The van der Waals surface area contributed by atoms with E-state index in [1.165, 1.54) is 0 Å². The monoisotopic (exact) mass is 612 g/mol. The number of benzene rings is 2. The number of rotatable bonds is 10. The van der Waals surface area contributed by atoms with Crippen molar-refractivity contribution in [1.29, 1.82) is 0 Å². The summed E-state index contributed by atoms with van der Waals surface area (Å²) in [4.78, 5) is 29.8. The van der Waals surface area contributed by atoms with Crippen LogP contribution in [0.1, 0.15) is 27.1 Å². The summed E-state index contributed by atoms with van der Waals surface area (Å²) in [6.07, 6.45) is 0.705. The molecular formula is C25H30Br2N2O6. The van der Waals surface area contributed by atoms with Crippen molar-refractivity contribution >= 4 is 43.7 Å². The Balaban J connectivity index is 1.59. The lowest BCUT2D eigenvalue weighted by molar-refractivity contribution is 0.0718. The van der Waals surface area contributed by atoms with E-state index in [1.807, 2.05) is 0 Å². The van der Waals surface area contributed by atoms with E-state index in [4.69, 9.17) is 18.9 Å². The van der Waals surface area contributed by atoms with Gasteiger partial charge in [0.1, 0.15) is 24.7 Å². The Bertz CT molecular complexity index is 940. The van der Waals surface area contributed by atoms with Gasteiger partial charge in [0.05, 0.1) is 22.2 Å². The fourth-order valence-corrected chi connectivity index (χ4v) is 4.65. The zero-order chi connectivity index (χ0) is 25.2. The molecule has 0 bridgehead atoms. The van der Waals surface area contributed by atoms with Gasteiger partial charge in [0.15, 0.2) is 0 Å². The summed E-state index contributed by atoms with van der Waals surface area (Å²) in [7, 11) is 3.23. The Morgan fingerprint density at radius 2 is 1.14 bits per heavy atom. The fraction of sp³-hybridized carbons (Fsp3) is 0.440. The molecule has 0 N–H and O–H groups in total. The van der Waals surface area contributed by atoms with E-state index in [2.05, 4.69) is 31.9 Å². The van der Waals surface area contributed by atoms with Gasteiger partial charge in [0.2, 0.25) is 0 Å². The van der Waals surface area contributed by atoms with Gasteiger partial charge in [0.25, 0.3) is 11.8 Å². The second kappa shape index (κ2) is 13.8. The summed E-state index contributed by atoms with van der Waals surface area (Å²) in [6.45, 7) is 3.93. The van der Waals surface area contributed by atoms with Crippen LogP contribution in [0.15, 0.2) is 45.3 Å². The molecule has 1 heterocycles. The van der Waals surface area contributed by atoms with Crippen LogP contribution >= 0.6 is 31.9 Å². The van der Waals surface area contributed by atoms with E-state index < -0.39 is 0 Å². The molecule has 2 amide bonds. The van der Waals surface area contributed by atoms with E-state index in [9.17, 15) is 9.59 Å². The van der Waals surface area contributed by atoms with Crippen molar-refractivity contribution < 1.29 is 28.5 Å². The Morgan fingerprint density at radius 1 is 0.714 bits per heavy atom. The SMILES string of the molecule is COCCOc1ccc(C(=O)N2CCCN(C(=O)c3ccc(OCCOC)c(Br)c3)CC2)cc1Br. The zero-order valence-electron chi connectivity index (χ0n) is 19.9. The van der Waals surface area contributed by atoms with Gasteiger partial charge >= 0.3 is 0 Å². The summed E-state index contributed by atoms with van der Waals surface area (Å²) < 4.78 is 22.7. The molecule has 1 aliphatic rings. The van der Waals surface area contributed by atoms with Crippen molar-refractivity contribution in [2.24, 2.45) is 0 Å². The van der Waals surface area contributed by atoms with Gasteiger partial charge in [-0.2, -0.15) is 0 Å². The third-order valence-electron chi connectivity index (χ3n) is 5.52. The average molecular weight is 614 g/mol. The van der Waals surface area contributed by atoms with E-state index in [0.29, 0.717) is 90.6 Å². The van der Waals surface area contributed by atoms with Crippen LogP contribution in [-0.4, -0.2) is 88.4 Å². The van der Waals surface area contributed by atoms with Crippen LogP contribution in [0, 0.1) is 0 Å². The predicted molar refractivity (Wildman–Crippen MR) is 139 cm³/mol. The minimum absolute atomic E-state index is 0.0660. The first-order chi connectivity index (χ1) is 16.9. The van der Waals surface area contributed by atoms with E-state index in [0.717, 1.165) is 0 Å². The number of nitrogens with zero attached hydrogens (tertiary/aromatic N) is 2. The maximum atomic E-state index is 13.1. The van der Waals surface area contributed by atoms with Crippen LogP contribution < -0.4 is 9.47 Å². The summed E-state index contributed by atoms with van der Waals surface area (Å²) in [5.74, 6) is 1.19. The van der Waals surface area contributed by atoms with Crippen molar-refractivity contribution in [3.8, 4) is 11.5 Å². The molecule has 0 spiro atoms. The van der Waals surface area contributed by atoms with E-state index in [-0.39, 0.29) is 11.8 Å². The Hall–Kier alpha value is -2.14. The molecule has 0 saturated carbocycles. The number of ether oxygens (including phenoxy) is 4. The first-order valence-corrected chi connectivity index (χ1v) is 12.9. The summed E-state index contributed by atoms with van der Waals surface area (Å²) in [6, 6.07) is 10.6. The average Bonchev–Trinajstić information content (AvgIpc) is 3.11. The number of hydrogen-bond donors (Lipinski definition) is 0. The van der Waals surface area contributed by atoms with Gasteiger partial charge in [-0.15, -0.1) is 0 Å². The minimum atomic E-state index is -0.0660. The third-order valence-corrected chi connectivity index (χ3v) is 6.76. The molecular weight excluding hydrogens is 584 g/mol. The van der Waals surface area contributed by atoms with Crippen LogP contribution in [0.3, 0.4) is 0 Å². The second-order valence-corrected chi connectivity index (χ2v) is 9.62. The largest absolute Gasteiger partial charge is 0.490 e. The van der Waals surface area contributed by atoms with Crippen LogP contribution in [0.25, 0.3) is 0 Å². The second-order valence-electron chi connectivity index (χ2n) is 7.91. The Morgan fingerprint density at radius 3 is 1.51 bits per heavy atom. The topological polar surface area (TPSA) is 77.5 Å². The maximum Gasteiger partial charge on any atom is 0.253 e. The molecule has 2 aromatic carbocycles. The third kappa shape index (κ3) is 7.67. The van der Waals surface area contributed by atoms with Crippen LogP contribution in [-0.2, 0) is 9.47 Å². The molecule has 1 fully saturated rings. The lowest BCUT2D eigenvalue weighted by atomic mass is 10.2. The standard InChI is InChI=1S/C25H30Br2N2O6/c1-32-12-14-34-22-6-4-18(16-20(22)26)24(30)28-8-3-9-29(11-10-28)25(31)19-5-7-23(21(27)17-19)35-15-13-33-2/h4-7,16-17H,3,8-15H2,1-2H3. The lowest BCUT2D eigenvalue weighted by Gasteiger charge is -2.23. The summed E-state index contributed by atoms with van der Waals surface area (Å²) >= 11 is 6.96. The van der Waals surface area contributed by atoms with Crippen LogP contribution in [0.2, 0.25) is 0 Å². The molecule has 8 nitrogen and oxygen atoms in total. The minimum Gasteiger partial charge on any atom is -0.490 e. The normalized spacial score (nSPS) is 13.9. The van der Waals surface area contributed by atoms with Gasteiger partial charge in [0, 0.05) is 51.5 Å². The van der Waals surface area contributed by atoms with Gasteiger partial charge in [-0.3, -0.25) is 9.59 Å². The molecule has 3 rings (SSSR count). The highest BCUT2D eigenvalue weighted by Gasteiger charge is 2.24. The number of halogens is 2. The van der Waals surface area contributed by atoms with Gasteiger partial charge in [-0.25, -0.2) is 0 Å². The highest BCUT2D eigenvalue weighted by Crippen LogP contribution is 2.28. The van der Waals surface area contributed by atoms with Gasteiger partial charge < -0.3 is 28.7 Å². The van der Waals surface area contributed by atoms with Crippen molar-refractivity contribution in [3.63, 3.8) is 0 Å². The van der Waals surface area contributed by atoms with Crippen molar-refractivity contribution in [1.82, 2.24) is 9.80 Å². The number of methoxy groups -OCH3 is 2. The van der Waals surface area contributed by atoms with Crippen LogP contribution in [0.4, 0.5) is 0 Å². The first-order valence-electron chi connectivity index (χ1n) is 11.4. The molecule has 0 atom stereocenters. The molecule has 0 unspecified atom stereocenters. The number of carbonyl (C=O) groups is 2. The van der Waals surface area contributed by atoms with E-state index in [1.54, 1.807) is 60.4 Å². The lowest BCUT2D eigenvalue weighted by Crippen LogP contribution is -2.37. The molecule has 1 saturated heterocycles. The van der Waals surface area contributed by atoms with Crippen LogP contribution in [0.5, 0.6) is 11.5 Å². The van der Waals surface area contributed by atoms with E-state index >= 15 is 0 Å². The summed E-state index contributed by atoms with van der Waals surface area (Å²) in [5, 5.41) is 0. The van der Waals surface area contributed by atoms with Gasteiger partial charge in [-0.1, -0.05) is 0 Å². The molecule has 1 aliphatic heterocycles. The number of hydrogen-bond acceptors (Lipinski definition) is 6. The van der Waals surface area contributed by atoms with Crippen molar-refractivity contribution in [3.05, 3.63) is 56.5 Å². The molecule has 0 aliphatic carbocycles. The van der Waals surface area contributed by atoms with Gasteiger partial charge in [-0.05, 0) is 74.7 Å². The quantitative estimate of drug-likeness (QED) is 0.373. The first kappa shape index (κ1) is 27.4. The highest BCUT2D eigenvalue weighted by molar-refractivity contribution is 9.10. The molecule has 0 radical (unpaired) electrons. The molecule has 2 aromatic rings. The zero-order valence-corrected chi connectivity index (χ0v) is 23.1. The summed E-state index contributed by atoms with van der Waals surface area (Å²) in [5.41, 5.74) is 1.15. The molecule has 190 valence electrons. The number of amides is 2. The Kier molecular flexibility index (Phi) is 10.8. The maximum absolute atomic E-state index is 13.1. The molecule has 0 aromatic heterocycles. The molecule has 35 heavy (non-hydrogen) atoms. The highest BCUT2D eigenvalue weighted by atomic mass is 79.9. The Labute approximate surface area is 222 Å². The fourth-order valence-electron chi connectivity index (χ4n) is 3.66. The number of carbonyl (C=O) groups excluding carboxylic acids is 2. The van der Waals surface area contributed by atoms with Crippen molar-refractivity contribution in [2.75, 3.05) is 66.8 Å².